The van der Waals surface area contributed by atoms with Gasteiger partial charge >= 0.3 is 0 Å². The summed E-state index contributed by atoms with van der Waals surface area (Å²) >= 11 is 6.28. The number of hydrogen-bond acceptors (Lipinski definition) is 2. The third-order valence-electron chi connectivity index (χ3n) is 3.19. The zero-order valence-electron chi connectivity index (χ0n) is 10.4. The molecule has 1 heterocycles. The van der Waals surface area contributed by atoms with E-state index < -0.39 is 0 Å². The van der Waals surface area contributed by atoms with Crippen molar-refractivity contribution in [2.45, 2.75) is 6.42 Å². The Balaban J connectivity index is 2.24. The van der Waals surface area contributed by atoms with Gasteiger partial charge in [-0.15, -0.1) is 0 Å². The molecule has 0 fully saturated rings. The van der Waals surface area contributed by atoms with Crippen molar-refractivity contribution < 1.29 is 0 Å². The van der Waals surface area contributed by atoms with Gasteiger partial charge < -0.3 is 5.73 Å². The second kappa shape index (κ2) is 5.03. The maximum absolute atomic E-state index is 6.28. The molecule has 4 heteroatoms. The number of aromatic nitrogens is 2. The standard InChI is InChI=1S/C15H14ClN3/c16-13-5-3-7-15(12(13)8-9-17)19-14-6-2-1-4-11(14)10-18-19/h1-7,10H,8-9,17H2. The van der Waals surface area contributed by atoms with Crippen molar-refractivity contribution in [3.05, 3.63) is 59.2 Å². The zero-order chi connectivity index (χ0) is 13.2. The molecule has 96 valence electrons. The van der Waals surface area contributed by atoms with Crippen LogP contribution in [0, 0.1) is 0 Å². The summed E-state index contributed by atoms with van der Waals surface area (Å²) in [6.07, 6.45) is 2.60. The fourth-order valence-corrected chi connectivity index (χ4v) is 2.57. The van der Waals surface area contributed by atoms with Crippen molar-refractivity contribution in [1.29, 1.82) is 0 Å². The van der Waals surface area contributed by atoms with Gasteiger partial charge in [-0.3, -0.25) is 0 Å². The van der Waals surface area contributed by atoms with Crippen molar-refractivity contribution in [3.63, 3.8) is 0 Å². The Labute approximate surface area is 116 Å². The summed E-state index contributed by atoms with van der Waals surface area (Å²) in [7, 11) is 0. The maximum atomic E-state index is 6.28. The Kier molecular flexibility index (Phi) is 3.23. The predicted octanol–water partition coefficient (Wildman–Crippen LogP) is 3.18. The van der Waals surface area contributed by atoms with Crippen LogP contribution in [0.2, 0.25) is 5.02 Å². The van der Waals surface area contributed by atoms with Crippen molar-refractivity contribution in [1.82, 2.24) is 9.78 Å². The molecule has 0 aliphatic carbocycles. The molecule has 0 spiro atoms. The molecule has 1 aromatic heterocycles. The van der Waals surface area contributed by atoms with Crippen LogP contribution in [0.3, 0.4) is 0 Å². The van der Waals surface area contributed by atoms with Crippen molar-refractivity contribution >= 4 is 22.5 Å². The van der Waals surface area contributed by atoms with E-state index in [0.717, 1.165) is 33.6 Å². The van der Waals surface area contributed by atoms with Gasteiger partial charge in [0.1, 0.15) is 0 Å². The number of benzene rings is 2. The van der Waals surface area contributed by atoms with Gasteiger partial charge in [0.05, 0.1) is 17.4 Å². The minimum absolute atomic E-state index is 0.565. The second-order valence-electron chi connectivity index (χ2n) is 4.39. The van der Waals surface area contributed by atoms with E-state index in [1.54, 1.807) is 0 Å². The summed E-state index contributed by atoms with van der Waals surface area (Å²) in [5.74, 6) is 0. The van der Waals surface area contributed by atoms with Gasteiger partial charge in [-0.05, 0) is 36.7 Å². The fourth-order valence-electron chi connectivity index (χ4n) is 2.30. The first-order chi connectivity index (χ1) is 9.31. The Hall–Kier alpha value is -1.84. The molecule has 0 atom stereocenters. The Morgan fingerprint density at radius 3 is 2.79 bits per heavy atom. The van der Waals surface area contributed by atoms with Crippen molar-refractivity contribution in [3.8, 4) is 5.69 Å². The van der Waals surface area contributed by atoms with Crippen LogP contribution in [0.5, 0.6) is 0 Å². The number of nitrogens with zero attached hydrogens (tertiary/aromatic N) is 2. The van der Waals surface area contributed by atoms with Gasteiger partial charge in [0.25, 0.3) is 0 Å². The second-order valence-corrected chi connectivity index (χ2v) is 4.80. The lowest BCUT2D eigenvalue weighted by Crippen LogP contribution is -2.08. The number of para-hydroxylation sites is 1. The first-order valence-corrected chi connectivity index (χ1v) is 6.59. The summed E-state index contributed by atoms with van der Waals surface area (Å²) in [4.78, 5) is 0. The van der Waals surface area contributed by atoms with Crippen molar-refractivity contribution in [2.24, 2.45) is 5.73 Å². The average molecular weight is 272 g/mol. The molecule has 3 rings (SSSR count). The highest BCUT2D eigenvalue weighted by Crippen LogP contribution is 2.26. The molecule has 0 aliphatic rings. The van der Waals surface area contributed by atoms with Crippen LogP contribution in [0.4, 0.5) is 0 Å². The summed E-state index contributed by atoms with van der Waals surface area (Å²) in [5.41, 5.74) is 8.79. The first kappa shape index (κ1) is 12.2. The Bertz CT molecular complexity index is 718. The average Bonchev–Trinajstić information content (AvgIpc) is 2.85. The molecule has 0 radical (unpaired) electrons. The molecule has 3 nitrogen and oxygen atoms in total. The van der Waals surface area contributed by atoms with E-state index >= 15 is 0 Å². The minimum atomic E-state index is 0.565. The summed E-state index contributed by atoms with van der Waals surface area (Å²) in [6, 6.07) is 14.0. The summed E-state index contributed by atoms with van der Waals surface area (Å²) in [6.45, 7) is 0.565. The monoisotopic (exact) mass is 271 g/mol. The fraction of sp³-hybridized carbons (Fsp3) is 0.133. The highest BCUT2D eigenvalue weighted by molar-refractivity contribution is 6.31. The van der Waals surface area contributed by atoms with Gasteiger partial charge in [0.2, 0.25) is 0 Å². The molecule has 2 aromatic carbocycles. The highest BCUT2D eigenvalue weighted by Gasteiger charge is 2.11. The molecule has 0 bridgehead atoms. The molecule has 0 aliphatic heterocycles. The lowest BCUT2D eigenvalue weighted by molar-refractivity contribution is 0.873. The van der Waals surface area contributed by atoms with Crippen LogP contribution in [-0.2, 0) is 6.42 Å². The number of halogens is 1. The van der Waals surface area contributed by atoms with Gasteiger partial charge in [-0.25, -0.2) is 4.68 Å². The van der Waals surface area contributed by atoms with Gasteiger partial charge in [-0.1, -0.05) is 35.9 Å². The Morgan fingerprint density at radius 2 is 1.95 bits per heavy atom. The van der Waals surface area contributed by atoms with Crippen LogP contribution in [0.15, 0.2) is 48.7 Å². The smallest absolute Gasteiger partial charge is 0.0741 e. The molecule has 2 N–H and O–H groups in total. The van der Waals surface area contributed by atoms with Crippen LogP contribution in [-0.4, -0.2) is 16.3 Å². The van der Waals surface area contributed by atoms with E-state index in [0.29, 0.717) is 6.54 Å². The summed E-state index contributed by atoms with van der Waals surface area (Å²) < 4.78 is 1.92. The van der Waals surface area contributed by atoms with E-state index in [9.17, 15) is 0 Å². The van der Waals surface area contributed by atoms with Crippen molar-refractivity contribution in [2.75, 3.05) is 6.54 Å². The quantitative estimate of drug-likeness (QED) is 0.795. The van der Waals surface area contributed by atoms with Gasteiger partial charge in [0.15, 0.2) is 0 Å². The maximum Gasteiger partial charge on any atom is 0.0741 e. The van der Waals surface area contributed by atoms with Gasteiger partial charge in [0, 0.05) is 10.4 Å². The SMILES string of the molecule is NCCc1c(Cl)cccc1-n1ncc2ccccc21. The van der Waals surface area contributed by atoms with Crippen LogP contribution in [0.1, 0.15) is 5.56 Å². The molecular weight excluding hydrogens is 258 g/mol. The predicted molar refractivity (Wildman–Crippen MR) is 78.8 cm³/mol. The molecular formula is C15H14ClN3. The molecule has 0 amide bonds. The molecule has 19 heavy (non-hydrogen) atoms. The van der Waals surface area contributed by atoms with E-state index in [2.05, 4.69) is 11.2 Å². The highest BCUT2D eigenvalue weighted by atomic mass is 35.5. The number of fused-ring (bicyclic) bond motifs is 1. The van der Waals surface area contributed by atoms with Crippen LogP contribution in [0.25, 0.3) is 16.6 Å². The summed E-state index contributed by atoms with van der Waals surface area (Å²) in [5, 5.41) is 6.32. The zero-order valence-corrected chi connectivity index (χ0v) is 11.1. The lowest BCUT2D eigenvalue weighted by atomic mass is 10.1. The minimum Gasteiger partial charge on any atom is -0.330 e. The normalized spacial score (nSPS) is 11.1. The largest absolute Gasteiger partial charge is 0.330 e. The molecule has 0 saturated heterocycles. The third kappa shape index (κ3) is 2.11. The number of rotatable bonds is 3. The lowest BCUT2D eigenvalue weighted by Gasteiger charge is -2.11. The number of hydrogen-bond donors (Lipinski definition) is 1. The van der Waals surface area contributed by atoms with E-state index in [-0.39, 0.29) is 0 Å². The topological polar surface area (TPSA) is 43.8 Å². The van der Waals surface area contributed by atoms with E-state index in [1.165, 1.54) is 0 Å². The van der Waals surface area contributed by atoms with E-state index in [1.807, 2.05) is 47.3 Å². The molecule has 0 unspecified atom stereocenters. The van der Waals surface area contributed by atoms with E-state index in [4.69, 9.17) is 17.3 Å². The molecule has 3 aromatic rings. The van der Waals surface area contributed by atoms with Crippen LogP contribution < -0.4 is 5.73 Å². The van der Waals surface area contributed by atoms with Crippen LogP contribution >= 0.6 is 11.6 Å². The molecule has 0 saturated carbocycles. The van der Waals surface area contributed by atoms with Gasteiger partial charge in [-0.2, -0.15) is 5.10 Å². The Morgan fingerprint density at radius 1 is 1.11 bits per heavy atom. The number of nitrogens with two attached hydrogens (primary N) is 1. The first-order valence-electron chi connectivity index (χ1n) is 6.22. The third-order valence-corrected chi connectivity index (χ3v) is 3.55.